The molecule has 0 saturated carbocycles. The second kappa shape index (κ2) is 3.18. The maximum Gasteiger partial charge on any atom is 0.0834 e. The van der Waals surface area contributed by atoms with Gasteiger partial charge in [0.25, 0.3) is 0 Å². The first-order chi connectivity index (χ1) is 7.27. The second-order valence-corrected chi connectivity index (χ2v) is 4.84. The van der Waals surface area contributed by atoms with Gasteiger partial charge in [0.15, 0.2) is 0 Å². The van der Waals surface area contributed by atoms with Crippen molar-refractivity contribution in [3.63, 3.8) is 0 Å². The molecule has 0 aromatic carbocycles. The highest BCUT2D eigenvalue weighted by atomic mass is 32.1. The summed E-state index contributed by atoms with van der Waals surface area (Å²) in [7, 11) is 0. The Morgan fingerprint density at radius 2 is 2.40 bits per heavy atom. The minimum atomic E-state index is -0.423. The number of nitrogen functional groups attached to an aromatic ring is 1. The zero-order chi connectivity index (χ0) is 10.4. The van der Waals surface area contributed by atoms with Gasteiger partial charge in [0, 0.05) is 11.3 Å². The van der Waals surface area contributed by atoms with Crippen molar-refractivity contribution in [3.05, 3.63) is 22.7 Å². The van der Waals surface area contributed by atoms with Gasteiger partial charge in [0.1, 0.15) is 0 Å². The zero-order valence-corrected chi connectivity index (χ0v) is 9.05. The van der Waals surface area contributed by atoms with Gasteiger partial charge in [-0.15, -0.1) is 11.3 Å². The third-order valence-corrected chi connectivity index (χ3v) is 3.91. The summed E-state index contributed by atoms with van der Waals surface area (Å²) in [5.41, 5.74) is 9.64. The highest BCUT2D eigenvalue weighted by Gasteiger charge is 2.23. The van der Waals surface area contributed by atoms with E-state index in [-0.39, 0.29) is 0 Å². The van der Waals surface area contributed by atoms with E-state index in [1.165, 1.54) is 0 Å². The number of hydrogen-bond acceptors (Lipinski definition) is 4. The number of hydrogen-bond donors (Lipinski definition) is 2. The summed E-state index contributed by atoms with van der Waals surface area (Å²) < 4.78 is 1.01. The first-order valence-corrected chi connectivity index (χ1v) is 5.99. The summed E-state index contributed by atoms with van der Waals surface area (Å²) in [6.45, 7) is 0. The summed E-state index contributed by atoms with van der Waals surface area (Å²) in [6.07, 6.45) is 2.31. The molecule has 0 saturated heterocycles. The van der Waals surface area contributed by atoms with Gasteiger partial charge in [-0.2, -0.15) is 0 Å². The van der Waals surface area contributed by atoms with E-state index in [9.17, 15) is 5.11 Å². The molecule has 3 N–H and O–H groups in total. The van der Waals surface area contributed by atoms with E-state index in [1.807, 2.05) is 11.4 Å². The number of fused-ring (bicyclic) bond motifs is 2. The smallest absolute Gasteiger partial charge is 0.0834 e. The lowest BCUT2D eigenvalue weighted by Gasteiger charge is -2.22. The maximum atomic E-state index is 9.92. The fourth-order valence-electron chi connectivity index (χ4n) is 2.25. The lowest BCUT2D eigenvalue weighted by Crippen LogP contribution is -2.13. The quantitative estimate of drug-likeness (QED) is 0.716. The van der Waals surface area contributed by atoms with Gasteiger partial charge < -0.3 is 10.8 Å². The van der Waals surface area contributed by atoms with Gasteiger partial charge in [-0.25, -0.2) is 0 Å². The highest BCUT2D eigenvalue weighted by molar-refractivity contribution is 7.17. The molecule has 3 rings (SSSR count). The minimum Gasteiger partial charge on any atom is -0.397 e. The predicted molar refractivity (Wildman–Crippen MR) is 61.9 cm³/mol. The van der Waals surface area contributed by atoms with Gasteiger partial charge in [-0.05, 0) is 30.7 Å². The molecule has 0 aliphatic heterocycles. The molecule has 0 spiro atoms. The van der Waals surface area contributed by atoms with Gasteiger partial charge in [-0.3, -0.25) is 4.98 Å². The number of nitrogens with zero attached hydrogens (tertiary/aromatic N) is 1. The molecule has 15 heavy (non-hydrogen) atoms. The average Bonchev–Trinajstić information content (AvgIpc) is 2.66. The van der Waals surface area contributed by atoms with Crippen molar-refractivity contribution in [2.75, 3.05) is 5.73 Å². The number of nitrogens with two attached hydrogens (primary N) is 1. The topological polar surface area (TPSA) is 59.1 Å². The molecule has 1 atom stereocenters. The Labute approximate surface area is 91.6 Å². The maximum absolute atomic E-state index is 9.92. The second-order valence-electron chi connectivity index (χ2n) is 3.93. The first-order valence-electron chi connectivity index (χ1n) is 5.11. The van der Waals surface area contributed by atoms with Crippen LogP contribution in [0.4, 0.5) is 5.69 Å². The molecule has 2 aromatic heterocycles. The third-order valence-electron chi connectivity index (χ3n) is 2.97. The van der Waals surface area contributed by atoms with Crippen LogP contribution < -0.4 is 5.73 Å². The van der Waals surface area contributed by atoms with Crippen molar-refractivity contribution < 1.29 is 5.11 Å². The fourth-order valence-corrected chi connectivity index (χ4v) is 3.05. The molecular formula is C11H12N2OS. The van der Waals surface area contributed by atoms with E-state index >= 15 is 0 Å². The monoisotopic (exact) mass is 220 g/mol. The van der Waals surface area contributed by atoms with E-state index in [0.29, 0.717) is 0 Å². The number of thiophene rings is 1. The summed E-state index contributed by atoms with van der Waals surface area (Å²) in [4.78, 5) is 4.56. The Hall–Kier alpha value is -1.13. The molecule has 3 nitrogen and oxygen atoms in total. The molecule has 78 valence electrons. The van der Waals surface area contributed by atoms with Crippen molar-refractivity contribution in [1.82, 2.24) is 4.98 Å². The molecule has 4 heteroatoms. The molecule has 0 fully saturated rings. The molecule has 2 aromatic rings. The van der Waals surface area contributed by atoms with Crippen LogP contribution >= 0.6 is 11.3 Å². The highest BCUT2D eigenvalue weighted by Crippen LogP contribution is 2.38. The summed E-state index contributed by atoms with van der Waals surface area (Å²) in [6, 6.07) is 1.98. The first kappa shape index (κ1) is 9.12. The van der Waals surface area contributed by atoms with Crippen LogP contribution in [-0.4, -0.2) is 10.1 Å². The summed E-state index contributed by atoms with van der Waals surface area (Å²) in [5.74, 6) is 0. The number of aliphatic hydroxyl groups is 1. The largest absolute Gasteiger partial charge is 0.397 e. The molecule has 1 aliphatic rings. The Morgan fingerprint density at radius 3 is 3.27 bits per heavy atom. The number of pyridine rings is 1. The van der Waals surface area contributed by atoms with Crippen LogP contribution in [0.5, 0.6) is 0 Å². The zero-order valence-electron chi connectivity index (χ0n) is 8.23. The SMILES string of the molecule is Nc1c2c(nc3ccsc13)CCCC2O. The third kappa shape index (κ3) is 1.25. The van der Waals surface area contributed by atoms with Crippen molar-refractivity contribution >= 4 is 27.2 Å². The number of anilines is 1. The molecule has 0 amide bonds. The predicted octanol–water partition coefficient (Wildman–Crippen LogP) is 2.25. The van der Waals surface area contributed by atoms with Crippen LogP contribution in [0.15, 0.2) is 11.4 Å². The van der Waals surface area contributed by atoms with Gasteiger partial charge in [-0.1, -0.05) is 0 Å². The number of aryl methyl sites for hydroxylation is 1. The summed E-state index contributed by atoms with van der Waals surface area (Å²) in [5, 5.41) is 11.9. The van der Waals surface area contributed by atoms with Crippen molar-refractivity contribution in [3.8, 4) is 0 Å². The van der Waals surface area contributed by atoms with Gasteiger partial charge >= 0.3 is 0 Å². The van der Waals surface area contributed by atoms with Crippen LogP contribution in [-0.2, 0) is 6.42 Å². The molecule has 1 unspecified atom stereocenters. The standard InChI is InChI=1S/C11H12N2OS/c12-10-9-6(2-1-3-8(9)14)13-7-4-5-15-11(7)10/h4-5,8,14H,1-3H2,(H2,12,13). The lowest BCUT2D eigenvalue weighted by atomic mass is 9.92. The number of aromatic nitrogens is 1. The Balaban J connectivity index is 2.36. The van der Waals surface area contributed by atoms with Gasteiger partial charge in [0.2, 0.25) is 0 Å². The Kier molecular flexibility index (Phi) is 1.94. The van der Waals surface area contributed by atoms with Crippen molar-refractivity contribution in [2.45, 2.75) is 25.4 Å². The number of rotatable bonds is 0. The van der Waals surface area contributed by atoms with E-state index in [4.69, 9.17) is 5.73 Å². The van der Waals surface area contributed by atoms with Crippen LogP contribution in [0.1, 0.15) is 30.2 Å². The van der Waals surface area contributed by atoms with Crippen molar-refractivity contribution in [1.29, 1.82) is 0 Å². The normalized spacial score (nSPS) is 20.5. The van der Waals surface area contributed by atoms with E-state index < -0.39 is 6.10 Å². The molecular weight excluding hydrogens is 208 g/mol. The molecule has 0 radical (unpaired) electrons. The van der Waals surface area contributed by atoms with Crippen LogP contribution in [0.3, 0.4) is 0 Å². The molecule has 1 aliphatic carbocycles. The van der Waals surface area contributed by atoms with Gasteiger partial charge in [0.05, 0.1) is 22.0 Å². The van der Waals surface area contributed by atoms with Crippen molar-refractivity contribution in [2.24, 2.45) is 0 Å². The molecule has 0 bridgehead atoms. The van der Waals surface area contributed by atoms with E-state index in [1.54, 1.807) is 11.3 Å². The fraction of sp³-hybridized carbons (Fsp3) is 0.364. The summed E-state index contributed by atoms with van der Waals surface area (Å²) >= 11 is 1.59. The molecule has 2 heterocycles. The lowest BCUT2D eigenvalue weighted by molar-refractivity contribution is 0.156. The van der Waals surface area contributed by atoms with Crippen LogP contribution in [0.25, 0.3) is 10.2 Å². The van der Waals surface area contributed by atoms with Crippen LogP contribution in [0, 0.1) is 0 Å². The minimum absolute atomic E-state index is 0.423. The van der Waals surface area contributed by atoms with E-state index in [0.717, 1.165) is 46.4 Å². The Bertz CT molecular complexity index is 521. The van der Waals surface area contributed by atoms with E-state index in [2.05, 4.69) is 4.98 Å². The Morgan fingerprint density at radius 1 is 1.53 bits per heavy atom. The van der Waals surface area contributed by atoms with Crippen LogP contribution in [0.2, 0.25) is 0 Å². The average molecular weight is 220 g/mol. The number of aliphatic hydroxyl groups excluding tert-OH is 1.